The molecule has 2 N–H and O–H groups in total. The molecule has 2 unspecified atom stereocenters. The van der Waals surface area contributed by atoms with Gasteiger partial charge in [0, 0.05) is 18.5 Å². The molecule has 1 heterocycles. The van der Waals surface area contributed by atoms with Crippen LogP contribution in [0, 0.1) is 0 Å². The van der Waals surface area contributed by atoms with Crippen LogP contribution in [-0.2, 0) is 4.79 Å². The van der Waals surface area contributed by atoms with Gasteiger partial charge in [-0.2, -0.15) is 0 Å². The summed E-state index contributed by atoms with van der Waals surface area (Å²) in [7, 11) is 0. The maximum Gasteiger partial charge on any atom is 0.220 e. The van der Waals surface area contributed by atoms with Crippen LogP contribution in [-0.4, -0.2) is 24.5 Å². The lowest BCUT2D eigenvalue weighted by Crippen LogP contribution is -2.46. The van der Waals surface area contributed by atoms with E-state index in [4.69, 9.17) is 0 Å². The Balaban J connectivity index is 2.16. The molecule has 0 aromatic rings. The minimum absolute atomic E-state index is 0.191. The second kappa shape index (κ2) is 6.62. The molecular weight excluding hydrogens is 188 g/mol. The molecule has 1 saturated heterocycles. The minimum atomic E-state index is 0.191. The Kier molecular flexibility index (Phi) is 5.40. The van der Waals surface area contributed by atoms with Crippen molar-refractivity contribution in [3.05, 3.63) is 12.7 Å². The van der Waals surface area contributed by atoms with Crippen molar-refractivity contribution in [3.63, 3.8) is 0 Å². The number of nitrogens with one attached hydrogen (secondary N) is 2. The molecule has 3 nitrogen and oxygen atoms in total. The van der Waals surface area contributed by atoms with Crippen molar-refractivity contribution in [1.82, 2.24) is 10.6 Å². The standard InChI is InChI=1S/C12H22N2O/c1-3-4-5-6-12(15)14-11-7-8-13-10(2)9-11/h3,10-11,13H,1,4-9H2,2H3,(H,14,15). The molecule has 1 aliphatic heterocycles. The Morgan fingerprint density at radius 3 is 3.13 bits per heavy atom. The molecular formula is C12H22N2O. The van der Waals surface area contributed by atoms with Crippen LogP contribution in [0.25, 0.3) is 0 Å². The molecule has 2 atom stereocenters. The molecule has 86 valence electrons. The third-order valence-electron chi connectivity index (χ3n) is 2.80. The van der Waals surface area contributed by atoms with Crippen LogP contribution in [0.5, 0.6) is 0 Å². The highest BCUT2D eigenvalue weighted by Gasteiger charge is 2.19. The molecule has 0 aromatic heterocycles. The first-order valence-corrected chi connectivity index (χ1v) is 5.86. The summed E-state index contributed by atoms with van der Waals surface area (Å²) in [5.41, 5.74) is 0. The van der Waals surface area contributed by atoms with Crippen LogP contribution in [0.15, 0.2) is 12.7 Å². The third-order valence-corrected chi connectivity index (χ3v) is 2.80. The van der Waals surface area contributed by atoms with E-state index in [1.807, 2.05) is 6.08 Å². The molecule has 1 fully saturated rings. The van der Waals surface area contributed by atoms with Crippen molar-refractivity contribution < 1.29 is 4.79 Å². The molecule has 1 aliphatic rings. The average Bonchev–Trinajstić information content (AvgIpc) is 2.18. The number of unbranched alkanes of at least 4 members (excludes halogenated alkanes) is 1. The van der Waals surface area contributed by atoms with Gasteiger partial charge in [-0.05, 0) is 39.2 Å². The van der Waals surface area contributed by atoms with E-state index in [-0.39, 0.29) is 5.91 Å². The van der Waals surface area contributed by atoms with E-state index in [1.54, 1.807) is 0 Å². The Morgan fingerprint density at radius 2 is 2.47 bits per heavy atom. The lowest BCUT2D eigenvalue weighted by Gasteiger charge is -2.28. The van der Waals surface area contributed by atoms with E-state index in [1.165, 1.54) is 0 Å². The predicted molar refractivity (Wildman–Crippen MR) is 62.7 cm³/mol. The van der Waals surface area contributed by atoms with Gasteiger partial charge >= 0.3 is 0 Å². The summed E-state index contributed by atoms with van der Waals surface area (Å²) in [6, 6.07) is 0.898. The average molecular weight is 210 g/mol. The second-order valence-corrected chi connectivity index (χ2v) is 4.32. The van der Waals surface area contributed by atoms with Crippen molar-refractivity contribution in [1.29, 1.82) is 0 Å². The highest BCUT2D eigenvalue weighted by atomic mass is 16.1. The summed E-state index contributed by atoms with van der Waals surface area (Å²) in [5, 5.41) is 6.47. The fraction of sp³-hybridized carbons (Fsp3) is 0.750. The van der Waals surface area contributed by atoms with E-state index < -0.39 is 0 Å². The van der Waals surface area contributed by atoms with Crippen molar-refractivity contribution in [2.45, 2.75) is 51.1 Å². The van der Waals surface area contributed by atoms with Gasteiger partial charge in [0.2, 0.25) is 5.91 Å². The van der Waals surface area contributed by atoms with Crippen molar-refractivity contribution in [2.24, 2.45) is 0 Å². The summed E-state index contributed by atoms with van der Waals surface area (Å²) in [5.74, 6) is 0.191. The van der Waals surface area contributed by atoms with Gasteiger partial charge in [-0.15, -0.1) is 6.58 Å². The lowest BCUT2D eigenvalue weighted by atomic mass is 10.0. The Bertz CT molecular complexity index is 216. The van der Waals surface area contributed by atoms with Crippen molar-refractivity contribution in [2.75, 3.05) is 6.54 Å². The van der Waals surface area contributed by atoms with Crippen LogP contribution in [0.3, 0.4) is 0 Å². The smallest absolute Gasteiger partial charge is 0.220 e. The monoisotopic (exact) mass is 210 g/mol. The molecule has 1 amide bonds. The topological polar surface area (TPSA) is 41.1 Å². The Morgan fingerprint density at radius 1 is 1.67 bits per heavy atom. The fourth-order valence-electron chi connectivity index (χ4n) is 1.97. The van der Waals surface area contributed by atoms with Gasteiger partial charge in [-0.3, -0.25) is 4.79 Å². The SMILES string of the molecule is C=CCCCC(=O)NC1CCNC(C)C1. The largest absolute Gasteiger partial charge is 0.353 e. The van der Waals surface area contributed by atoms with Gasteiger partial charge in [0.1, 0.15) is 0 Å². The molecule has 0 saturated carbocycles. The Hall–Kier alpha value is -0.830. The highest BCUT2D eigenvalue weighted by molar-refractivity contribution is 5.76. The van der Waals surface area contributed by atoms with E-state index in [2.05, 4.69) is 24.1 Å². The number of hydrogen-bond acceptors (Lipinski definition) is 2. The van der Waals surface area contributed by atoms with Crippen LogP contribution >= 0.6 is 0 Å². The normalized spacial score (nSPS) is 25.9. The predicted octanol–water partition coefficient (Wildman–Crippen LogP) is 1.60. The molecule has 15 heavy (non-hydrogen) atoms. The first kappa shape index (κ1) is 12.2. The van der Waals surface area contributed by atoms with Gasteiger partial charge < -0.3 is 10.6 Å². The minimum Gasteiger partial charge on any atom is -0.353 e. The van der Waals surface area contributed by atoms with E-state index in [0.717, 1.165) is 32.2 Å². The molecule has 0 bridgehead atoms. The molecule has 3 heteroatoms. The van der Waals surface area contributed by atoms with Crippen LogP contribution in [0.1, 0.15) is 39.0 Å². The van der Waals surface area contributed by atoms with E-state index >= 15 is 0 Å². The zero-order valence-corrected chi connectivity index (χ0v) is 9.59. The summed E-state index contributed by atoms with van der Waals surface area (Å²) < 4.78 is 0. The zero-order valence-electron chi connectivity index (χ0n) is 9.59. The van der Waals surface area contributed by atoms with Crippen molar-refractivity contribution in [3.8, 4) is 0 Å². The molecule has 1 rings (SSSR count). The van der Waals surface area contributed by atoms with Gasteiger partial charge in [0.05, 0.1) is 0 Å². The number of allylic oxidation sites excluding steroid dienone is 1. The number of carbonyl (C=O) groups excluding carboxylic acids is 1. The summed E-state index contributed by atoms with van der Waals surface area (Å²) in [4.78, 5) is 11.5. The Labute approximate surface area is 92.3 Å². The summed E-state index contributed by atoms with van der Waals surface area (Å²) in [6.45, 7) is 6.82. The number of hydrogen-bond donors (Lipinski definition) is 2. The first-order valence-electron chi connectivity index (χ1n) is 5.86. The fourth-order valence-corrected chi connectivity index (χ4v) is 1.97. The molecule has 0 aromatic carbocycles. The van der Waals surface area contributed by atoms with Crippen LogP contribution < -0.4 is 10.6 Å². The van der Waals surface area contributed by atoms with E-state index in [0.29, 0.717) is 18.5 Å². The maximum atomic E-state index is 11.5. The van der Waals surface area contributed by atoms with Gasteiger partial charge in [0.25, 0.3) is 0 Å². The van der Waals surface area contributed by atoms with Crippen LogP contribution in [0.2, 0.25) is 0 Å². The maximum absolute atomic E-state index is 11.5. The number of rotatable bonds is 5. The van der Waals surface area contributed by atoms with Crippen molar-refractivity contribution >= 4 is 5.91 Å². The molecule has 0 radical (unpaired) electrons. The third kappa shape index (κ3) is 4.98. The van der Waals surface area contributed by atoms with Crippen LogP contribution in [0.4, 0.5) is 0 Å². The van der Waals surface area contributed by atoms with E-state index in [9.17, 15) is 4.79 Å². The highest BCUT2D eigenvalue weighted by Crippen LogP contribution is 2.08. The molecule has 0 spiro atoms. The van der Waals surface area contributed by atoms with Gasteiger partial charge in [0.15, 0.2) is 0 Å². The van der Waals surface area contributed by atoms with Gasteiger partial charge in [-0.1, -0.05) is 6.08 Å². The summed E-state index contributed by atoms with van der Waals surface area (Å²) >= 11 is 0. The zero-order chi connectivity index (χ0) is 11.1. The van der Waals surface area contributed by atoms with Gasteiger partial charge in [-0.25, -0.2) is 0 Å². The molecule has 0 aliphatic carbocycles. The second-order valence-electron chi connectivity index (χ2n) is 4.32. The number of carbonyl (C=O) groups is 1. The summed E-state index contributed by atoms with van der Waals surface area (Å²) in [6.07, 6.45) is 6.43. The quantitative estimate of drug-likeness (QED) is 0.534. The lowest BCUT2D eigenvalue weighted by molar-refractivity contribution is -0.122. The number of amides is 1. The first-order chi connectivity index (χ1) is 7.22. The number of piperidine rings is 1.